The first-order valence-electron chi connectivity index (χ1n) is 5.17. The van der Waals surface area contributed by atoms with E-state index in [1.165, 1.54) is 0 Å². The van der Waals surface area contributed by atoms with Gasteiger partial charge in [0.25, 0.3) is 5.91 Å². The molecular weight excluding hydrogens is 214 g/mol. The number of carbonyl (C=O) groups is 1. The molecule has 2 aromatic rings. The van der Waals surface area contributed by atoms with Gasteiger partial charge in [-0.3, -0.25) is 4.79 Å². The zero-order valence-electron chi connectivity index (χ0n) is 9.18. The number of rotatable bonds is 2. The molecule has 2 aromatic carbocycles. The Labute approximate surface area is 99.2 Å². The van der Waals surface area contributed by atoms with E-state index in [0.29, 0.717) is 22.6 Å². The lowest BCUT2D eigenvalue weighted by Gasteiger charge is -2.05. The molecule has 0 spiro atoms. The van der Waals surface area contributed by atoms with E-state index in [1.807, 2.05) is 0 Å². The summed E-state index contributed by atoms with van der Waals surface area (Å²) < 4.78 is 0. The summed E-state index contributed by atoms with van der Waals surface area (Å²) in [5.74, 6) is -0.193. The second kappa shape index (κ2) is 4.57. The van der Waals surface area contributed by atoms with Crippen LogP contribution in [0.25, 0.3) is 0 Å². The highest BCUT2D eigenvalue weighted by atomic mass is 16.1. The summed E-state index contributed by atoms with van der Waals surface area (Å²) in [6.07, 6.45) is 0. The molecule has 5 N–H and O–H groups in total. The van der Waals surface area contributed by atoms with Crippen molar-refractivity contribution < 1.29 is 4.79 Å². The van der Waals surface area contributed by atoms with Gasteiger partial charge in [0, 0.05) is 22.6 Å². The minimum absolute atomic E-state index is 0.193. The van der Waals surface area contributed by atoms with Crippen LogP contribution in [0.3, 0.4) is 0 Å². The quantitative estimate of drug-likeness (QED) is 0.687. The Morgan fingerprint density at radius 2 is 1.65 bits per heavy atom. The highest BCUT2D eigenvalue weighted by Gasteiger charge is 2.05. The molecule has 0 unspecified atom stereocenters. The van der Waals surface area contributed by atoms with Crippen LogP contribution in [0.4, 0.5) is 17.1 Å². The van der Waals surface area contributed by atoms with E-state index in [2.05, 4.69) is 5.32 Å². The van der Waals surface area contributed by atoms with Crippen molar-refractivity contribution in [1.29, 1.82) is 0 Å². The average molecular weight is 227 g/mol. The number of amides is 1. The van der Waals surface area contributed by atoms with Crippen molar-refractivity contribution >= 4 is 23.0 Å². The number of benzene rings is 2. The molecule has 1 amide bonds. The van der Waals surface area contributed by atoms with Gasteiger partial charge in [-0.15, -0.1) is 0 Å². The topological polar surface area (TPSA) is 81.1 Å². The summed E-state index contributed by atoms with van der Waals surface area (Å²) in [7, 11) is 0. The van der Waals surface area contributed by atoms with Crippen molar-refractivity contribution in [3.8, 4) is 0 Å². The summed E-state index contributed by atoms with van der Waals surface area (Å²) in [5, 5.41) is 2.76. The Morgan fingerprint density at radius 3 is 2.29 bits per heavy atom. The van der Waals surface area contributed by atoms with E-state index >= 15 is 0 Å². The van der Waals surface area contributed by atoms with E-state index in [9.17, 15) is 4.79 Å². The van der Waals surface area contributed by atoms with Crippen LogP contribution in [0.5, 0.6) is 0 Å². The second-order valence-electron chi connectivity index (χ2n) is 3.70. The Morgan fingerprint density at radius 1 is 0.941 bits per heavy atom. The van der Waals surface area contributed by atoms with Crippen LogP contribution in [0, 0.1) is 0 Å². The molecule has 0 fully saturated rings. The predicted octanol–water partition coefficient (Wildman–Crippen LogP) is 2.10. The van der Waals surface area contributed by atoms with Crippen molar-refractivity contribution in [2.24, 2.45) is 0 Å². The fourth-order valence-corrected chi connectivity index (χ4v) is 1.45. The summed E-state index contributed by atoms with van der Waals surface area (Å²) in [5.41, 5.74) is 13.6. The van der Waals surface area contributed by atoms with Gasteiger partial charge in [0.1, 0.15) is 0 Å². The molecule has 0 saturated carbocycles. The number of nitrogen functional groups attached to an aromatic ring is 2. The number of anilines is 3. The Balaban J connectivity index is 2.14. The summed E-state index contributed by atoms with van der Waals surface area (Å²) in [6, 6.07) is 13.8. The van der Waals surface area contributed by atoms with Crippen molar-refractivity contribution in [1.82, 2.24) is 0 Å². The van der Waals surface area contributed by atoms with Crippen LogP contribution in [0.1, 0.15) is 10.4 Å². The first-order chi connectivity index (χ1) is 8.15. The number of nitrogens with two attached hydrogens (primary N) is 2. The lowest BCUT2D eigenvalue weighted by molar-refractivity contribution is 0.102. The van der Waals surface area contributed by atoms with Gasteiger partial charge in [0.2, 0.25) is 0 Å². The third kappa shape index (κ3) is 2.75. The van der Waals surface area contributed by atoms with E-state index in [4.69, 9.17) is 11.5 Å². The molecule has 0 aliphatic carbocycles. The molecular formula is C13H13N3O. The normalized spacial score (nSPS) is 9.88. The number of carbonyl (C=O) groups excluding carboxylic acids is 1. The molecule has 86 valence electrons. The first kappa shape index (κ1) is 11.0. The first-order valence-corrected chi connectivity index (χ1v) is 5.17. The highest BCUT2D eigenvalue weighted by Crippen LogP contribution is 2.13. The zero-order chi connectivity index (χ0) is 12.3. The Kier molecular flexibility index (Phi) is 2.96. The molecule has 0 aliphatic rings. The van der Waals surface area contributed by atoms with Crippen LogP contribution in [0.15, 0.2) is 48.5 Å². The third-order valence-electron chi connectivity index (χ3n) is 2.32. The van der Waals surface area contributed by atoms with Gasteiger partial charge in [-0.1, -0.05) is 6.07 Å². The van der Waals surface area contributed by atoms with Crippen LogP contribution < -0.4 is 16.8 Å². The SMILES string of the molecule is Nc1ccc(NC(=O)c2cccc(N)c2)cc1. The average Bonchev–Trinajstić information content (AvgIpc) is 2.32. The monoisotopic (exact) mass is 227 g/mol. The minimum atomic E-state index is -0.193. The minimum Gasteiger partial charge on any atom is -0.399 e. The maximum absolute atomic E-state index is 11.9. The summed E-state index contributed by atoms with van der Waals surface area (Å²) in [6.45, 7) is 0. The molecule has 0 aliphatic heterocycles. The zero-order valence-corrected chi connectivity index (χ0v) is 9.18. The number of hydrogen-bond donors (Lipinski definition) is 3. The van der Waals surface area contributed by atoms with Crippen molar-refractivity contribution in [2.45, 2.75) is 0 Å². The number of hydrogen-bond acceptors (Lipinski definition) is 3. The van der Waals surface area contributed by atoms with Gasteiger partial charge in [-0.25, -0.2) is 0 Å². The summed E-state index contributed by atoms with van der Waals surface area (Å²) >= 11 is 0. The molecule has 4 heteroatoms. The largest absolute Gasteiger partial charge is 0.399 e. The van der Waals surface area contributed by atoms with Gasteiger partial charge >= 0.3 is 0 Å². The molecule has 2 rings (SSSR count). The predicted molar refractivity (Wildman–Crippen MR) is 69.7 cm³/mol. The van der Waals surface area contributed by atoms with E-state index in [1.54, 1.807) is 48.5 Å². The molecule has 0 aromatic heterocycles. The lowest BCUT2D eigenvalue weighted by Crippen LogP contribution is -2.12. The van der Waals surface area contributed by atoms with Gasteiger partial charge in [0.05, 0.1) is 0 Å². The van der Waals surface area contributed by atoms with E-state index in [0.717, 1.165) is 0 Å². The molecule has 0 atom stereocenters. The van der Waals surface area contributed by atoms with Crippen LogP contribution >= 0.6 is 0 Å². The van der Waals surface area contributed by atoms with Crippen molar-refractivity contribution in [3.63, 3.8) is 0 Å². The van der Waals surface area contributed by atoms with E-state index < -0.39 is 0 Å². The molecule has 4 nitrogen and oxygen atoms in total. The third-order valence-corrected chi connectivity index (χ3v) is 2.32. The van der Waals surface area contributed by atoms with Crippen molar-refractivity contribution in [3.05, 3.63) is 54.1 Å². The maximum atomic E-state index is 11.9. The highest BCUT2D eigenvalue weighted by molar-refractivity contribution is 6.04. The maximum Gasteiger partial charge on any atom is 0.255 e. The van der Waals surface area contributed by atoms with Crippen molar-refractivity contribution in [2.75, 3.05) is 16.8 Å². The second-order valence-corrected chi connectivity index (χ2v) is 3.70. The van der Waals surface area contributed by atoms with Gasteiger partial charge in [-0.05, 0) is 42.5 Å². The fourth-order valence-electron chi connectivity index (χ4n) is 1.45. The molecule has 0 heterocycles. The van der Waals surface area contributed by atoms with Crippen LogP contribution in [-0.4, -0.2) is 5.91 Å². The molecule has 17 heavy (non-hydrogen) atoms. The van der Waals surface area contributed by atoms with Crippen LogP contribution in [0.2, 0.25) is 0 Å². The van der Waals surface area contributed by atoms with Gasteiger partial charge in [0.15, 0.2) is 0 Å². The van der Waals surface area contributed by atoms with Gasteiger partial charge in [-0.2, -0.15) is 0 Å². The summed E-state index contributed by atoms with van der Waals surface area (Å²) in [4.78, 5) is 11.9. The smallest absolute Gasteiger partial charge is 0.255 e. The lowest BCUT2D eigenvalue weighted by atomic mass is 10.2. The fraction of sp³-hybridized carbons (Fsp3) is 0. The van der Waals surface area contributed by atoms with Gasteiger partial charge < -0.3 is 16.8 Å². The number of nitrogens with one attached hydrogen (secondary N) is 1. The van der Waals surface area contributed by atoms with E-state index in [-0.39, 0.29) is 5.91 Å². The Hall–Kier alpha value is -2.49. The Bertz CT molecular complexity index is 535. The molecule has 0 saturated heterocycles. The van der Waals surface area contributed by atoms with Crippen LogP contribution in [-0.2, 0) is 0 Å². The standard InChI is InChI=1S/C13H13N3O/c14-10-4-6-12(7-5-10)16-13(17)9-2-1-3-11(15)8-9/h1-8H,14-15H2,(H,16,17). The molecule has 0 bridgehead atoms. The molecule has 0 radical (unpaired) electrons.